The maximum absolute atomic E-state index is 13.4. The molecule has 2 amide bonds. The summed E-state index contributed by atoms with van der Waals surface area (Å²) in [5.41, 5.74) is 1.84. The van der Waals surface area contributed by atoms with E-state index in [2.05, 4.69) is 5.32 Å². The fraction of sp³-hybridized carbons (Fsp3) is 0.259. The number of ether oxygens (including phenoxy) is 1. The van der Waals surface area contributed by atoms with Gasteiger partial charge < -0.3 is 15.0 Å². The number of nitrogens with one attached hydrogen (secondary N) is 1. The van der Waals surface area contributed by atoms with E-state index in [0.717, 1.165) is 11.1 Å². The number of rotatable bonds is 11. The Kier molecular flexibility index (Phi) is 9.80. The van der Waals surface area contributed by atoms with Crippen LogP contribution in [0.1, 0.15) is 24.0 Å². The largest absolute Gasteiger partial charge is 0.494 e. The van der Waals surface area contributed by atoms with Crippen LogP contribution in [0.2, 0.25) is 10.0 Å². The van der Waals surface area contributed by atoms with Gasteiger partial charge in [-0.3, -0.25) is 9.59 Å². The highest BCUT2D eigenvalue weighted by molar-refractivity contribution is 6.30. The van der Waals surface area contributed by atoms with Gasteiger partial charge in [0.2, 0.25) is 11.8 Å². The Hall–Kier alpha value is -3.02. The fourth-order valence-electron chi connectivity index (χ4n) is 3.64. The third-order valence-electron chi connectivity index (χ3n) is 5.38. The molecule has 0 aromatic heterocycles. The predicted molar refractivity (Wildman–Crippen MR) is 136 cm³/mol. The standard InChI is InChI=1S/C27H28Cl2N2O3/c1-30-27(33)25(18-20-7-3-2-4-8-20)31(19-21-9-5-10-23(29)17-21)26(32)11-6-16-34-24-14-12-22(28)13-15-24/h2-5,7-10,12-15,17,25H,6,11,16,18-19H2,1H3,(H,30,33)/t25-/m0/s1. The Morgan fingerprint density at radius 2 is 1.62 bits per heavy atom. The van der Waals surface area contributed by atoms with Gasteiger partial charge in [-0.1, -0.05) is 65.7 Å². The molecule has 3 aromatic carbocycles. The number of carbonyl (C=O) groups is 2. The molecule has 0 aliphatic heterocycles. The Bertz CT molecular complexity index is 1070. The molecular weight excluding hydrogens is 471 g/mol. The lowest BCUT2D eigenvalue weighted by Crippen LogP contribution is -2.49. The average molecular weight is 499 g/mol. The molecule has 34 heavy (non-hydrogen) atoms. The van der Waals surface area contributed by atoms with Gasteiger partial charge in [-0.15, -0.1) is 0 Å². The molecule has 7 heteroatoms. The Morgan fingerprint density at radius 3 is 2.29 bits per heavy atom. The number of amides is 2. The molecule has 0 unspecified atom stereocenters. The molecule has 0 heterocycles. The highest BCUT2D eigenvalue weighted by Gasteiger charge is 2.29. The Balaban J connectivity index is 1.74. The van der Waals surface area contributed by atoms with Gasteiger partial charge in [0.05, 0.1) is 6.61 Å². The summed E-state index contributed by atoms with van der Waals surface area (Å²) >= 11 is 12.1. The second-order valence-electron chi connectivity index (χ2n) is 7.88. The molecule has 0 bridgehead atoms. The van der Waals surface area contributed by atoms with Gasteiger partial charge in [0.15, 0.2) is 0 Å². The van der Waals surface area contributed by atoms with E-state index in [-0.39, 0.29) is 24.8 Å². The monoisotopic (exact) mass is 498 g/mol. The van der Waals surface area contributed by atoms with Crippen molar-refractivity contribution in [2.24, 2.45) is 0 Å². The van der Waals surface area contributed by atoms with Crippen LogP contribution in [0.25, 0.3) is 0 Å². The normalized spacial score (nSPS) is 11.5. The summed E-state index contributed by atoms with van der Waals surface area (Å²) in [6, 6.07) is 23.5. The van der Waals surface area contributed by atoms with E-state index < -0.39 is 6.04 Å². The maximum atomic E-state index is 13.4. The average Bonchev–Trinajstić information content (AvgIpc) is 2.85. The van der Waals surface area contributed by atoms with E-state index in [1.54, 1.807) is 42.3 Å². The molecule has 0 saturated heterocycles. The number of hydrogen-bond donors (Lipinski definition) is 1. The topological polar surface area (TPSA) is 58.6 Å². The van der Waals surface area contributed by atoms with Crippen molar-refractivity contribution in [1.29, 1.82) is 0 Å². The van der Waals surface area contributed by atoms with Gasteiger partial charge in [0.25, 0.3) is 0 Å². The summed E-state index contributed by atoms with van der Waals surface area (Å²) in [7, 11) is 1.59. The van der Waals surface area contributed by atoms with Crippen molar-refractivity contribution >= 4 is 35.0 Å². The zero-order valence-electron chi connectivity index (χ0n) is 19.0. The first-order valence-corrected chi connectivity index (χ1v) is 11.9. The van der Waals surface area contributed by atoms with Crippen LogP contribution >= 0.6 is 23.2 Å². The van der Waals surface area contributed by atoms with Crippen LogP contribution in [0.5, 0.6) is 5.75 Å². The lowest BCUT2D eigenvalue weighted by Gasteiger charge is -2.31. The first-order valence-electron chi connectivity index (χ1n) is 11.1. The summed E-state index contributed by atoms with van der Waals surface area (Å²) in [5.74, 6) is 0.362. The molecule has 3 aromatic rings. The van der Waals surface area contributed by atoms with Crippen molar-refractivity contribution in [2.75, 3.05) is 13.7 Å². The number of carbonyl (C=O) groups excluding carboxylic acids is 2. The van der Waals surface area contributed by atoms with Crippen LogP contribution in [0.15, 0.2) is 78.9 Å². The molecule has 0 aliphatic carbocycles. The molecule has 3 rings (SSSR count). The highest BCUT2D eigenvalue weighted by Crippen LogP contribution is 2.19. The first-order chi connectivity index (χ1) is 16.5. The number of benzene rings is 3. The van der Waals surface area contributed by atoms with Gasteiger partial charge in [-0.25, -0.2) is 0 Å². The highest BCUT2D eigenvalue weighted by atomic mass is 35.5. The molecule has 1 N–H and O–H groups in total. The Morgan fingerprint density at radius 1 is 0.912 bits per heavy atom. The summed E-state index contributed by atoms with van der Waals surface area (Å²) in [4.78, 5) is 27.9. The first kappa shape index (κ1) is 25.6. The van der Waals surface area contributed by atoms with E-state index in [0.29, 0.717) is 35.2 Å². The predicted octanol–water partition coefficient (Wildman–Crippen LogP) is 5.54. The molecule has 0 saturated carbocycles. The number of hydrogen-bond acceptors (Lipinski definition) is 3. The minimum absolute atomic E-state index is 0.121. The molecule has 0 fully saturated rings. The number of likely N-dealkylation sites (N-methyl/N-ethyl adjacent to an activating group) is 1. The SMILES string of the molecule is CNC(=O)[C@H](Cc1ccccc1)N(Cc1cccc(Cl)c1)C(=O)CCCOc1ccc(Cl)cc1. The van der Waals surface area contributed by atoms with Crippen molar-refractivity contribution in [3.8, 4) is 5.75 Å². The summed E-state index contributed by atoms with van der Waals surface area (Å²) in [6.45, 7) is 0.657. The van der Waals surface area contributed by atoms with Gasteiger partial charge in [-0.2, -0.15) is 0 Å². The molecule has 0 spiro atoms. The third kappa shape index (κ3) is 7.79. The molecule has 178 valence electrons. The van der Waals surface area contributed by atoms with Crippen molar-refractivity contribution in [2.45, 2.75) is 31.8 Å². The van der Waals surface area contributed by atoms with Crippen LogP contribution in [0, 0.1) is 0 Å². The van der Waals surface area contributed by atoms with E-state index in [9.17, 15) is 9.59 Å². The van der Waals surface area contributed by atoms with Crippen LogP contribution in [0.3, 0.4) is 0 Å². The van der Waals surface area contributed by atoms with Gasteiger partial charge >= 0.3 is 0 Å². The second kappa shape index (κ2) is 13.0. The zero-order valence-corrected chi connectivity index (χ0v) is 20.6. The minimum atomic E-state index is -0.656. The van der Waals surface area contributed by atoms with E-state index in [1.165, 1.54) is 0 Å². The van der Waals surface area contributed by atoms with Crippen molar-refractivity contribution in [3.63, 3.8) is 0 Å². The van der Waals surface area contributed by atoms with Crippen LogP contribution in [-0.4, -0.2) is 36.4 Å². The fourth-order valence-corrected chi connectivity index (χ4v) is 3.98. The minimum Gasteiger partial charge on any atom is -0.494 e. The molecule has 0 aliphatic rings. The van der Waals surface area contributed by atoms with Gasteiger partial charge in [-0.05, 0) is 53.9 Å². The molecule has 1 atom stereocenters. The quantitative estimate of drug-likeness (QED) is 0.353. The van der Waals surface area contributed by atoms with Crippen LogP contribution < -0.4 is 10.1 Å². The van der Waals surface area contributed by atoms with E-state index in [1.807, 2.05) is 48.5 Å². The molecule has 5 nitrogen and oxygen atoms in total. The van der Waals surface area contributed by atoms with Crippen molar-refractivity contribution in [3.05, 3.63) is 100 Å². The molecular formula is C27H28Cl2N2O3. The van der Waals surface area contributed by atoms with Crippen molar-refractivity contribution < 1.29 is 14.3 Å². The lowest BCUT2D eigenvalue weighted by molar-refractivity contribution is -0.141. The summed E-state index contributed by atoms with van der Waals surface area (Å²) < 4.78 is 5.72. The van der Waals surface area contributed by atoms with Crippen molar-refractivity contribution in [1.82, 2.24) is 10.2 Å². The van der Waals surface area contributed by atoms with E-state index in [4.69, 9.17) is 27.9 Å². The molecule has 0 radical (unpaired) electrons. The summed E-state index contributed by atoms with van der Waals surface area (Å²) in [6.07, 6.45) is 1.17. The van der Waals surface area contributed by atoms with Crippen LogP contribution in [0.4, 0.5) is 0 Å². The smallest absolute Gasteiger partial charge is 0.242 e. The summed E-state index contributed by atoms with van der Waals surface area (Å²) in [5, 5.41) is 3.94. The zero-order chi connectivity index (χ0) is 24.3. The van der Waals surface area contributed by atoms with E-state index >= 15 is 0 Å². The maximum Gasteiger partial charge on any atom is 0.242 e. The van der Waals surface area contributed by atoms with Gasteiger partial charge in [0, 0.05) is 36.5 Å². The van der Waals surface area contributed by atoms with Gasteiger partial charge in [0.1, 0.15) is 11.8 Å². The number of nitrogens with zero attached hydrogens (tertiary/aromatic N) is 1. The lowest BCUT2D eigenvalue weighted by atomic mass is 10.0. The third-order valence-corrected chi connectivity index (χ3v) is 5.86. The van der Waals surface area contributed by atoms with Crippen LogP contribution in [-0.2, 0) is 22.6 Å². The second-order valence-corrected chi connectivity index (χ2v) is 8.75. The number of halogens is 2. The Labute approximate surface area is 210 Å².